The third-order valence-corrected chi connectivity index (χ3v) is 5.80. The zero-order valence-electron chi connectivity index (χ0n) is 16.7. The van der Waals surface area contributed by atoms with Gasteiger partial charge in [-0.25, -0.2) is 0 Å². The van der Waals surface area contributed by atoms with E-state index in [0.29, 0.717) is 32.8 Å². The molecule has 1 aliphatic heterocycles. The van der Waals surface area contributed by atoms with Crippen LogP contribution in [0.3, 0.4) is 0 Å². The third-order valence-electron chi connectivity index (χ3n) is 5.80. The molecule has 0 bridgehead atoms. The number of unbranched alkanes of at least 4 members (excludes halogenated alkanes) is 2. The van der Waals surface area contributed by atoms with Crippen molar-refractivity contribution in [3.05, 3.63) is 12.2 Å². The summed E-state index contributed by atoms with van der Waals surface area (Å²) >= 11 is 0. The van der Waals surface area contributed by atoms with E-state index in [-0.39, 0.29) is 10.8 Å². The van der Waals surface area contributed by atoms with Crippen LogP contribution in [0.2, 0.25) is 0 Å². The van der Waals surface area contributed by atoms with Crippen LogP contribution in [0.25, 0.3) is 0 Å². The van der Waals surface area contributed by atoms with E-state index in [1.54, 1.807) is 0 Å². The first-order chi connectivity index (χ1) is 12.4. The van der Waals surface area contributed by atoms with Crippen LogP contribution in [0, 0.1) is 10.8 Å². The zero-order valence-corrected chi connectivity index (χ0v) is 16.7. The molecule has 0 aromatic rings. The minimum Gasteiger partial charge on any atom is -0.388 e. The number of rotatable bonds is 11. The topological polar surface area (TPSA) is 65.0 Å². The van der Waals surface area contributed by atoms with Crippen LogP contribution >= 0.6 is 0 Å². The summed E-state index contributed by atoms with van der Waals surface area (Å²) < 4.78 is 17.4. The highest BCUT2D eigenvalue weighted by molar-refractivity contribution is 5.48. The fraction of sp³-hybridized carbons (Fsp3) is 0.857. The van der Waals surface area contributed by atoms with Gasteiger partial charge in [0.25, 0.3) is 0 Å². The molecular formula is C21H36O5. The molecular weight excluding hydrogens is 332 g/mol. The Kier molecular flexibility index (Phi) is 7.83. The van der Waals surface area contributed by atoms with Crippen molar-refractivity contribution in [2.75, 3.05) is 26.4 Å². The van der Waals surface area contributed by atoms with Crippen LogP contribution in [-0.2, 0) is 19.0 Å². The highest BCUT2D eigenvalue weighted by Crippen LogP contribution is 2.52. The van der Waals surface area contributed by atoms with Gasteiger partial charge in [0.05, 0.1) is 25.9 Å². The molecule has 2 aliphatic rings. The average Bonchev–Trinajstić information content (AvgIpc) is 3.23. The first-order valence-corrected chi connectivity index (χ1v) is 10.0. The molecule has 0 aromatic carbocycles. The van der Waals surface area contributed by atoms with Crippen LogP contribution in [0.5, 0.6) is 0 Å². The molecule has 1 unspecified atom stereocenters. The smallest absolute Gasteiger partial charge is 0.169 e. The van der Waals surface area contributed by atoms with Gasteiger partial charge in [-0.3, -0.25) is 0 Å². The monoisotopic (exact) mass is 368 g/mol. The molecule has 5 heteroatoms. The van der Waals surface area contributed by atoms with Crippen molar-refractivity contribution in [1.82, 2.24) is 0 Å². The van der Waals surface area contributed by atoms with E-state index in [9.17, 15) is 9.90 Å². The van der Waals surface area contributed by atoms with Crippen molar-refractivity contribution >= 4 is 6.29 Å². The first kappa shape index (κ1) is 21.5. The predicted molar refractivity (Wildman–Crippen MR) is 101 cm³/mol. The summed E-state index contributed by atoms with van der Waals surface area (Å²) in [5.74, 6) is -0.444. The normalized spacial score (nSPS) is 26.8. The van der Waals surface area contributed by atoms with Crippen molar-refractivity contribution in [1.29, 1.82) is 0 Å². The number of aliphatic hydroxyl groups excluding tert-OH is 1. The second kappa shape index (κ2) is 9.45. The summed E-state index contributed by atoms with van der Waals surface area (Å²) in [6.45, 7) is 8.51. The summed E-state index contributed by atoms with van der Waals surface area (Å²) in [7, 11) is 0. The molecule has 150 valence electrons. The summed E-state index contributed by atoms with van der Waals surface area (Å²) in [6, 6.07) is 0. The fourth-order valence-electron chi connectivity index (χ4n) is 4.05. The molecule has 1 aliphatic carbocycles. The number of carbonyl (C=O) groups excluding carboxylic acids is 1. The lowest BCUT2D eigenvalue weighted by molar-refractivity contribution is -0.155. The minimum absolute atomic E-state index is 0.0318. The van der Waals surface area contributed by atoms with Gasteiger partial charge in [-0.15, -0.1) is 0 Å². The molecule has 1 spiro atoms. The number of aliphatic hydroxyl groups is 1. The second-order valence-corrected chi connectivity index (χ2v) is 8.49. The van der Waals surface area contributed by atoms with Gasteiger partial charge in [0.15, 0.2) is 5.79 Å². The number of aldehydes is 1. The van der Waals surface area contributed by atoms with Gasteiger partial charge in [-0.05, 0) is 31.6 Å². The van der Waals surface area contributed by atoms with Gasteiger partial charge in [0, 0.05) is 31.3 Å². The Balaban J connectivity index is 2.05. The van der Waals surface area contributed by atoms with Gasteiger partial charge in [0.1, 0.15) is 6.29 Å². The maximum Gasteiger partial charge on any atom is 0.169 e. The number of hydrogen-bond donors (Lipinski definition) is 1. The lowest BCUT2D eigenvalue weighted by atomic mass is 9.78. The van der Waals surface area contributed by atoms with E-state index in [1.165, 1.54) is 0 Å². The van der Waals surface area contributed by atoms with Crippen molar-refractivity contribution in [2.24, 2.45) is 10.8 Å². The lowest BCUT2D eigenvalue weighted by Crippen LogP contribution is -2.33. The van der Waals surface area contributed by atoms with Crippen LogP contribution in [-0.4, -0.2) is 49.7 Å². The van der Waals surface area contributed by atoms with Crippen molar-refractivity contribution in [3.63, 3.8) is 0 Å². The molecule has 0 aromatic heterocycles. The van der Waals surface area contributed by atoms with E-state index in [2.05, 4.69) is 6.08 Å². The Bertz CT molecular complexity index is 467. The van der Waals surface area contributed by atoms with E-state index in [0.717, 1.165) is 44.8 Å². The van der Waals surface area contributed by atoms with Gasteiger partial charge < -0.3 is 24.1 Å². The molecule has 2 fully saturated rings. The second-order valence-electron chi connectivity index (χ2n) is 8.49. The third kappa shape index (κ3) is 5.62. The summed E-state index contributed by atoms with van der Waals surface area (Å²) in [6.07, 6.45) is 10.8. The molecule has 26 heavy (non-hydrogen) atoms. The van der Waals surface area contributed by atoms with Crippen LogP contribution in [0.15, 0.2) is 12.2 Å². The average molecular weight is 369 g/mol. The maximum absolute atomic E-state index is 10.7. The summed E-state index contributed by atoms with van der Waals surface area (Å²) in [4.78, 5) is 10.6. The summed E-state index contributed by atoms with van der Waals surface area (Å²) in [5, 5.41) is 10.7. The minimum atomic E-state index is -0.567. The molecule has 5 nitrogen and oxygen atoms in total. The van der Waals surface area contributed by atoms with E-state index in [4.69, 9.17) is 14.2 Å². The molecule has 0 radical (unpaired) electrons. The number of allylic oxidation sites excluding steroid dienone is 1. The van der Waals surface area contributed by atoms with E-state index in [1.807, 2.05) is 26.8 Å². The highest BCUT2D eigenvalue weighted by atomic mass is 16.7. The molecule has 1 N–H and O–H groups in total. The van der Waals surface area contributed by atoms with Crippen LogP contribution < -0.4 is 0 Å². The van der Waals surface area contributed by atoms with Crippen molar-refractivity contribution < 1.29 is 24.1 Å². The fourth-order valence-corrected chi connectivity index (χ4v) is 4.05. The van der Waals surface area contributed by atoms with Gasteiger partial charge in [-0.1, -0.05) is 32.4 Å². The van der Waals surface area contributed by atoms with Crippen molar-refractivity contribution in [3.8, 4) is 0 Å². The molecule has 2 atom stereocenters. The quantitative estimate of drug-likeness (QED) is 0.343. The van der Waals surface area contributed by atoms with E-state index >= 15 is 0 Å². The molecule has 2 rings (SSSR count). The Morgan fingerprint density at radius 2 is 1.96 bits per heavy atom. The van der Waals surface area contributed by atoms with Gasteiger partial charge >= 0.3 is 0 Å². The SMILES string of the molecule is CCOCC(C)(C)C(O)C=C[C@@]1(CCCCC=O)CCC2(C1)OCCO2. The summed E-state index contributed by atoms with van der Waals surface area (Å²) in [5.41, 5.74) is -0.363. The molecule has 1 saturated heterocycles. The number of carbonyl (C=O) groups is 1. The van der Waals surface area contributed by atoms with Gasteiger partial charge in [0.2, 0.25) is 0 Å². The lowest BCUT2D eigenvalue weighted by Gasteiger charge is -2.31. The van der Waals surface area contributed by atoms with Crippen molar-refractivity contribution in [2.45, 2.75) is 77.6 Å². The Hall–Kier alpha value is -0.750. The maximum atomic E-state index is 10.7. The van der Waals surface area contributed by atoms with Crippen LogP contribution in [0.4, 0.5) is 0 Å². The number of ether oxygens (including phenoxy) is 3. The molecule has 0 amide bonds. The molecule has 1 heterocycles. The Morgan fingerprint density at radius 3 is 2.62 bits per heavy atom. The van der Waals surface area contributed by atoms with Gasteiger partial charge in [-0.2, -0.15) is 0 Å². The standard InChI is InChI=1S/C21H36O5/c1-4-24-17-19(2,3)18(23)8-10-20(9-6-5-7-13-22)11-12-21(16-20)25-14-15-26-21/h8,10,13,18,23H,4-7,9,11-12,14-17H2,1-3H3/t18?,20-/m0/s1. The number of hydrogen-bond acceptors (Lipinski definition) is 5. The van der Waals surface area contributed by atoms with Crippen LogP contribution in [0.1, 0.15) is 65.7 Å². The highest BCUT2D eigenvalue weighted by Gasteiger charge is 2.50. The first-order valence-electron chi connectivity index (χ1n) is 10.0. The molecule has 1 saturated carbocycles. The van der Waals surface area contributed by atoms with E-state index < -0.39 is 11.9 Å². The Labute approximate surface area is 158 Å². The predicted octanol–water partition coefficient (Wildman–Crippen LogP) is 3.64. The zero-order chi connectivity index (χ0) is 19.1. The largest absolute Gasteiger partial charge is 0.388 e. The Morgan fingerprint density at radius 1 is 1.23 bits per heavy atom.